The Bertz CT molecular complexity index is 769. The van der Waals surface area contributed by atoms with Crippen molar-refractivity contribution in [1.29, 1.82) is 0 Å². The van der Waals surface area contributed by atoms with Crippen LogP contribution < -0.4 is 10.0 Å². The Labute approximate surface area is 154 Å². The van der Waals surface area contributed by atoms with Crippen LogP contribution in [0.25, 0.3) is 0 Å². The number of nitrogens with zero attached hydrogens (tertiary/aromatic N) is 1. The predicted molar refractivity (Wildman–Crippen MR) is 97.8 cm³/mol. The highest BCUT2D eigenvalue weighted by Crippen LogP contribution is 2.33. The lowest BCUT2D eigenvalue weighted by atomic mass is 10.00. The van der Waals surface area contributed by atoms with Gasteiger partial charge in [-0.15, -0.1) is 0 Å². The molecule has 6 nitrogen and oxygen atoms in total. The molecule has 2 amide bonds. The fourth-order valence-electron chi connectivity index (χ4n) is 3.97. The normalized spacial score (nSPS) is 22.9. The van der Waals surface area contributed by atoms with Crippen LogP contribution in [0.15, 0.2) is 18.2 Å². The highest BCUT2D eigenvalue weighted by Gasteiger charge is 2.31. The number of fused-ring (bicyclic) bond motifs is 1. The first-order chi connectivity index (χ1) is 12.3. The summed E-state index contributed by atoms with van der Waals surface area (Å²) in [7, 11) is -3.22. The van der Waals surface area contributed by atoms with E-state index in [1.54, 1.807) is 6.07 Å². The molecule has 26 heavy (non-hydrogen) atoms. The van der Waals surface area contributed by atoms with Crippen LogP contribution in [0, 0.1) is 5.82 Å². The average molecular weight is 383 g/mol. The van der Waals surface area contributed by atoms with Gasteiger partial charge in [0.25, 0.3) is 0 Å². The van der Waals surface area contributed by atoms with Crippen molar-refractivity contribution in [2.75, 3.05) is 19.3 Å². The van der Waals surface area contributed by atoms with Gasteiger partial charge >= 0.3 is 6.03 Å². The van der Waals surface area contributed by atoms with Crippen molar-refractivity contribution in [2.45, 2.75) is 50.6 Å². The molecule has 1 aliphatic carbocycles. The molecule has 1 aliphatic heterocycles. The summed E-state index contributed by atoms with van der Waals surface area (Å²) in [4.78, 5) is 14.6. The molecule has 0 aromatic heterocycles. The van der Waals surface area contributed by atoms with Crippen LogP contribution in [0.4, 0.5) is 9.18 Å². The zero-order valence-corrected chi connectivity index (χ0v) is 15.8. The molecule has 1 fully saturated rings. The van der Waals surface area contributed by atoms with Gasteiger partial charge in [0, 0.05) is 19.1 Å². The lowest BCUT2D eigenvalue weighted by Gasteiger charge is -2.36. The molecule has 0 saturated carbocycles. The number of rotatable bonds is 5. The Balaban J connectivity index is 1.62. The van der Waals surface area contributed by atoms with Gasteiger partial charge in [0.15, 0.2) is 0 Å². The molecule has 2 aliphatic rings. The van der Waals surface area contributed by atoms with E-state index in [0.29, 0.717) is 37.9 Å². The number of likely N-dealkylation sites (tertiary alicyclic amines) is 1. The summed E-state index contributed by atoms with van der Waals surface area (Å²) in [5.41, 5.74) is 1.57. The molecular weight excluding hydrogens is 357 g/mol. The number of piperidine rings is 1. The smallest absolute Gasteiger partial charge is 0.318 e. The minimum absolute atomic E-state index is 0.0198. The Morgan fingerprint density at radius 2 is 2.12 bits per heavy atom. The van der Waals surface area contributed by atoms with Gasteiger partial charge in [-0.3, -0.25) is 0 Å². The van der Waals surface area contributed by atoms with E-state index in [2.05, 4.69) is 10.0 Å². The van der Waals surface area contributed by atoms with Crippen molar-refractivity contribution in [3.63, 3.8) is 0 Å². The lowest BCUT2D eigenvalue weighted by Crippen LogP contribution is -2.50. The Kier molecular flexibility index (Phi) is 5.82. The van der Waals surface area contributed by atoms with Crippen LogP contribution in [0.1, 0.15) is 49.3 Å². The Morgan fingerprint density at radius 3 is 2.88 bits per heavy atom. The summed E-state index contributed by atoms with van der Waals surface area (Å²) in [5.74, 6) is -0.207. The number of benzene rings is 1. The molecule has 1 aromatic rings. The van der Waals surface area contributed by atoms with Gasteiger partial charge in [-0.05, 0) is 55.7 Å². The van der Waals surface area contributed by atoms with E-state index in [1.807, 2.05) is 11.0 Å². The third-order valence-electron chi connectivity index (χ3n) is 5.24. The number of urea groups is 1. The topological polar surface area (TPSA) is 78.5 Å². The van der Waals surface area contributed by atoms with Crippen LogP contribution in [-0.4, -0.2) is 44.7 Å². The number of sulfonamides is 1. The molecule has 3 rings (SSSR count). The third-order valence-corrected chi connectivity index (χ3v) is 5.97. The summed E-state index contributed by atoms with van der Waals surface area (Å²) in [5, 5.41) is 3.05. The van der Waals surface area contributed by atoms with Gasteiger partial charge in [0.1, 0.15) is 5.82 Å². The first-order valence-corrected chi connectivity index (χ1v) is 11.0. The van der Waals surface area contributed by atoms with Gasteiger partial charge in [0.2, 0.25) is 10.0 Å². The van der Waals surface area contributed by atoms with E-state index < -0.39 is 10.0 Å². The predicted octanol–water partition coefficient (Wildman–Crippen LogP) is 2.32. The Hall–Kier alpha value is -1.67. The molecule has 1 aromatic carbocycles. The summed E-state index contributed by atoms with van der Waals surface area (Å²) in [6, 6.07) is 4.73. The summed E-state index contributed by atoms with van der Waals surface area (Å²) < 4.78 is 38.8. The first kappa shape index (κ1) is 19.1. The fourth-order valence-corrected chi connectivity index (χ4v) is 4.46. The minimum Gasteiger partial charge on any atom is -0.331 e. The van der Waals surface area contributed by atoms with E-state index in [-0.39, 0.29) is 23.9 Å². The van der Waals surface area contributed by atoms with E-state index in [4.69, 9.17) is 0 Å². The monoisotopic (exact) mass is 383 g/mol. The number of amides is 2. The fraction of sp³-hybridized carbons (Fsp3) is 0.611. The minimum atomic E-state index is -3.22. The Morgan fingerprint density at radius 1 is 1.31 bits per heavy atom. The summed E-state index contributed by atoms with van der Waals surface area (Å²) in [6.07, 6.45) is 5.91. The maximum absolute atomic E-state index is 13.9. The number of hydrogen-bond acceptors (Lipinski definition) is 3. The van der Waals surface area contributed by atoms with Crippen LogP contribution in [0.3, 0.4) is 0 Å². The molecule has 2 atom stereocenters. The molecule has 8 heteroatoms. The molecule has 0 bridgehead atoms. The summed E-state index contributed by atoms with van der Waals surface area (Å²) >= 11 is 0. The summed E-state index contributed by atoms with van der Waals surface area (Å²) in [6.45, 7) is 0.989. The van der Waals surface area contributed by atoms with E-state index >= 15 is 0 Å². The first-order valence-electron chi connectivity index (χ1n) is 9.14. The molecule has 1 heterocycles. The largest absolute Gasteiger partial charge is 0.331 e. The molecular formula is C18H26FN3O3S. The van der Waals surface area contributed by atoms with Crippen molar-refractivity contribution in [3.8, 4) is 0 Å². The van der Waals surface area contributed by atoms with Gasteiger partial charge in [-0.1, -0.05) is 12.1 Å². The molecule has 2 unspecified atom stereocenters. The van der Waals surface area contributed by atoms with Crippen molar-refractivity contribution in [3.05, 3.63) is 35.1 Å². The van der Waals surface area contributed by atoms with Gasteiger partial charge < -0.3 is 10.2 Å². The second-order valence-electron chi connectivity index (χ2n) is 7.15. The second kappa shape index (κ2) is 7.92. The zero-order chi connectivity index (χ0) is 18.7. The molecule has 0 radical (unpaired) electrons. The van der Waals surface area contributed by atoms with Crippen LogP contribution >= 0.6 is 0 Å². The number of hydrogen-bond donors (Lipinski definition) is 2. The van der Waals surface area contributed by atoms with Crippen molar-refractivity contribution < 1.29 is 17.6 Å². The van der Waals surface area contributed by atoms with Crippen LogP contribution in [-0.2, 0) is 16.4 Å². The van der Waals surface area contributed by atoms with Gasteiger partial charge in [-0.2, -0.15) is 0 Å². The van der Waals surface area contributed by atoms with Crippen LogP contribution in [0.5, 0.6) is 0 Å². The van der Waals surface area contributed by atoms with Crippen molar-refractivity contribution in [1.82, 2.24) is 14.9 Å². The number of carbonyl (C=O) groups excluding carboxylic acids is 1. The van der Waals surface area contributed by atoms with Crippen molar-refractivity contribution in [2.24, 2.45) is 0 Å². The van der Waals surface area contributed by atoms with Crippen molar-refractivity contribution >= 4 is 16.1 Å². The second-order valence-corrected chi connectivity index (χ2v) is 8.98. The SMILES string of the molecule is CS(=O)(=O)NCCC1CCCCN1C(=O)NC1CCc2c(F)cccc21. The maximum atomic E-state index is 13.9. The number of carbonyl (C=O) groups is 1. The molecule has 0 spiro atoms. The van der Waals surface area contributed by atoms with Gasteiger partial charge in [0.05, 0.1) is 12.3 Å². The standard InChI is InChI=1S/C18H26FN3O3S/c1-26(24,25)20-11-10-13-5-2-3-12-22(13)18(23)21-17-9-8-14-15(17)6-4-7-16(14)19/h4,6-7,13,17,20H,2-3,5,8-12H2,1H3,(H,21,23). The van der Waals surface area contributed by atoms with Gasteiger partial charge in [-0.25, -0.2) is 22.3 Å². The average Bonchev–Trinajstić information content (AvgIpc) is 2.98. The number of halogens is 1. The van der Waals surface area contributed by atoms with E-state index in [1.165, 1.54) is 6.07 Å². The molecule has 144 valence electrons. The zero-order valence-electron chi connectivity index (χ0n) is 15.0. The highest BCUT2D eigenvalue weighted by molar-refractivity contribution is 7.88. The molecule has 1 saturated heterocycles. The van der Waals surface area contributed by atoms with E-state index in [0.717, 1.165) is 31.1 Å². The molecule has 2 N–H and O–H groups in total. The quantitative estimate of drug-likeness (QED) is 0.819. The van der Waals surface area contributed by atoms with Crippen LogP contribution in [0.2, 0.25) is 0 Å². The number of nitrogens with one attached hydrogen (secondary N) is 2. The third kappa shape index (κ3) is 4.54. The lowest BCUT2D eigenvalue weighted by molar-refractivity contribution is 0.144. The highest BCUT2D eigenvalue weighted by atomic mass is 32.2. The van der Waals surface area contributed by atoms with E-state index in [9.17, 15) is 17.6 Å². The maximum Gasteiger partial charge on any atom is 0.318 e.